The maximum Gasteiger partial charge on any atom is 0.216 e. The predicted molar refractivity (Wildman–Crippen MR) is 162 cm³/mol. The molecule has 6 aromatic rings. The molecule has 3 nitrogen and oxygen atoms in total. The summed E-state index contributed by atoms with van der Waals surface area (Å²) >= 11 is 0. The fourth-order valence-electron chi connectivity index (χ4n) is 6.30. The first-order valence-electron chi connectivity index (χ1n) is 14.5. The largest absolute Gasteiger partial charge is 0.454 e. The van der Waals surface area contributed by atoms with Crippen molar-refractivity contribution in [3.05, 3.63) is 114 Å². The van der Waals surface area contributed by atoms with E-state index >= 15 is 0 Å². The molecule has 40 heavy (non-hydrogen) atoms. The molecule has 0 radical (unpaired) electrons. The minimum Gasteiger partial charge on any atom is -0.454 e. The van der Waals surface area contributed by atoms with Crippen LogP contribution in [0.5, 0.6) is 0 Å². The standard InChI is InChI=1S/C37H31N2O/c1-24-10-20-31-32-21-19-30(23-38)35(37(32)40-36(31)34(24)33-9-5-6-22-39(33)2)29-17-15-28(16-18-29)27-13-11-26(12-14-27)25-7-3-4-8-25/h5-6,9-22,25H,3-4,7-8H2,1-2H3/q+1/i25D. The number of aromatic nitrogens is 1. The monoisotopic (exact) mass is 520 g/mol. The third kappa shape index (κ3) is 4.00. The molecule has 0 aliphatic heterocycles. The average Bonchev–Trinajstić information content (AvgIpc) is 3.62. The molecular weight excluding hydrogens is 488 g/mol. The summed E-state index contributed by atoms with van der Waals surface area (Å²) in [4.78, 5) is 0. The van der Waals surface area contributed by atoms with Crippen LogP contribution in [0.15, 0.2) is 102 Å². The van der Waals surface area contributed by atoms with Gasteiger partial charge in [-0.05, 0) is 71.7 Å². The molecule has 0 N–H and O–H groups in total. The van der Waals surface area contributed by atoms with Gasteiger partial charge in [-0.2, -0.15) is 5.26 Å². The van der Waals surface area contributed by atoms with Gasteiger partial charge in [0, 0.05) is 29.8 Å². The fraction of sp³-hybridized carbons (Fsp3) is 0.189. The number of rotatable bonds is 4. The SMILES string of the molecule is [2H]C1(c2ccc(-c3ccc(-c4c(C#N)ccc5c4oc4c(-c6cccc[n+]6C)c(C)ccc45)cc3)cc2)CCCC1. The third-order valence-electron chi connectivity index (χ3n) is 8.46. The maximum absolute atomic E-state index is 10.1. The normalized spacial score (nSPS) is 14.9. The van der Waals surface area contributed by atoms with Gasteiger partial charge in [-0.3, -0.25) is 0 Å². The molecule has 194 valence electrons. The van der Waals surface area contributed by atoms with Gasteiger partial charge in [-0.25, -0.2) is 4.57 Å². The van der Waals surface area contributed by atoms with Crippen LogP contribution in [0.25, 0.3) is 55.4 Å². The quantitative estimate of drug-likeness (QED) is 0.217. The molecule has 3 heteroatoms. The van der Waals surface area contributed by atoms with Gasteiger partial charge in [-0.1, -0.05) is 73.5 Å². The Morgan fingerprint density at radius 3 is 2.08 bits per heavy atom. The number of hydrogen-bond donors (Lipinski definition) is 0. The maximum atomic E-state index is 10.1. The van der Waals surface area contributed by atoms with Gasteiger partial charge < -0.3 is 4.42 Å². The molecule has 0 bridgehead atoms. The molecule has 1 saturated carbocycles. The molecule has 1 fully saturated rings. The van der Waals surface area contributed by atoms with Crippen LogP contribution in [0.1, 0.15) is 49.6 Å². The Morgan fingerprint density at radius 1 is 0.775 bits per heavy atom. The van der Waals surface area contributed by atoms with E-state index in [1.54, 1.807) is 0 Å². The Bertz CT molecular complexity index is 1970. The van der Waals surface area contributed by atoms with Crippen molar-refractivity contribution in [3.8, 4) is 39.6 Å². The zero-order valence-corrected chi connectivity index (χ0v) is 22.9. The molecule has 2 aromatic heterocycles. The number of pyridine rings is 1. The van der Waals surface area contributed by atoms with E-state index < -0.39 is 5.89 Å². The Kier molecular flexibility index (Phi) is 5.70. The van der Waals surface area contributed by atoms with E-state index in [0.717, 1.165) is 92.3 Å². The van der Waals surface area contributed by atoms with E-state index in [1.807, 2.05) is 37.5 Å². The Morgan fingerprint density at radius 2 is 1.40 bits per heavy atom. The smallest absolute Gasteiger partial charge is 0.216 e. The van der Waals surface area contributed by atoms with Gasteiger partial charge in [0.2, 0.25) is 5.69 Å². The van der Waals surface area contributed by atoms with Gasteiger partial charge in [0.1, 0.15) is 18.2 Å². The van der Waals surface area contributed by atoms with Crippen molar-refractivity contribution in [2.75, 3.05) is 0 Å². The second-order valence-electron chi connectivity index (χ2n) is 10.9. The summed E-state index contributed by atoms with van der Waals surface area (Å²) in [5, 5.41) is 12.1. The summed E-state index contributed by atoms with van der Waals surface area (Å²) in [5.74, 6) is -0.433. The molecule has 0 saturated heterocycles. The van der Waals surface area contributed by atoms with Crippen molar-refractivity contribution < 1.29 is 10.4 Å². The summed E-state index contributed by atoms with van der Waals surface area (Å²) in [5.41, 5.74) is 10.6. The van der Waals surface area contributed by atoms with E-state index in [1.165, 1.54) is 0 Å². The lowest BCUT2D eigenvalue weighted by atomic mass is 9.93. The first-order chi connectivity index (χ1) is 20.0. The van der Waals surface area contributed by atoms with Crippen LogP contribution in [0.4, 0.5) is 0 Å². The molecule has 0 unspecified atom stereocenters. The summed E-state index contributed by atoms with van der Waals surface area (Å²) in [6.07, 6.45) is 6.22. The first kappa shape index (κ1) is 23.2. The fourth-order valence-corrected chi connectivity index (χ4v) is 6.30. The van der Waals surface area contributed by atoms with Gasteiger partial charge >= 0.3 is 0 Å². The minimum absolute atomic E-state index is 0.433. The number of hydrogen-bond acceptors (Lipinski definition) is 2. The van der Waals surface area contributed by atoms with Crippen LogP contribution in [-0.4, -0.2) is 0 Å². The van der Waals surface area contributed by atoms with Gasteiger partial charge in [0.25, 0.3) is 0 Å². The topological polar surface area (TPSA) is 40.8 Å². The molecule has 0 atom stereocenters. The molecule has 7 rings (SSSR count). The zero-order valence-electron chi connectivity index (χ0n) is 23.9. The minimum atomic E-state index is -0.433. The van der Waals surface area contributed by atoms with Crippen LogP contribution in [0.2, 0.25) is 0 Å². The zero-order chi connectivity index (χ0) is 28.1. The predicted octanol–water partition coefficient (Wildman–Crippen LogP) is 9.25. The van der Waals surface area contributed by atoms with E-state index in [4.69, 9.17) is 5.79 Å². The molecule has 4 aromatic carbocycles. The summed E-state index contributed by atoms with van der Waals surface area (Å²) in [7, 11) is 2.05. The van der Waals surface area contributed by atoms with Crippen molar-refractivity contribution >= 4 is 21.9 Å². The van der Waals surface area contributed by atoms with Crippen molar-refractivity contribution in [1.82, 2.24) is 0 Å². The number of aryl methyl sites for hydroxylation is 2. The van der Waals surface area contributed by atoms with Crippen LogP contribution in [-0.2, 0) is 7.05 Å². The van der Waals surface area contributed by atoms with Gasteiger partial charge in [-0.15, -0.1) is 0 Å². The highest BCUT2D eigenvalue weighted by molar-refractivity contribution is 6.14. The van der Waals surface area contributed by atoms with Crippen molar-refractivity contribution in [1.29, 1.82) is 5.26 Å². The second-order valence-corrected chi connectivity index (χ2v) is 10.9. The van der Waals surface area contributed by atoms with Crippen LogP contribution in [0, 0.1) is 18.3 Å². The Balaban J connectivity index is 1.34. The highest BCUT2D eigenvalue weighted by atomic mass is 16.3. The second kappa shape index (κ2) is 9.81. The molecule has 0 spiro atoms. The summed E-state index contributed by atoms with van der Waals surface area (Å²) in [6, 6.07) is 33.6. The lowest BCUT2D eigenvalue weighted by Gasteiger charge is -2.11. The summed E-state index contributed by atoms with van der Waals surface area (Å²) < 4.78 is 17.6. The Hall–Kier alpha value is -4.68. The summed E-state index contributed by atoms with van der Waals surface area (Å²) in [6.45, 7) is 2.11. The first-order valence-corrected chi connectivity index (χ1v) is 14.0. The molecule has 1 aliphatic carbocycles. The molecular formula is C37H31N2O+. The number of nitrogens with zero attached hydrogens (tertiary/aromatic N) is 2. The number of nitriles is 1. The van der Waals surface area contributed by atoms with Crippen LogP contribution < -0.4 is 4.57 Å². The van der Waals surface area contributed by atoms with Crippen LogP contribution in [0.3, 0.4) is 0 Å². The van der Waals surface area contributed by atoms with Crippen molar-refractivity contribution in [3.63, 3.8) is 0 Å². The number of benzene rings is 4. The Labute approximate surface area is 236 Å². The number of fused-ring (bicyclic) bond motifs is 3. The van der Waals surface area contributed by atoms with Crippen LogP contribution >= 0.6 is 0 Å². The van der Waals surface area contributed by atoms with Crippen molar-refractivity contribution in [2.45, 2.75) is 38.5 Å². The lowest BCUT2D eigenvalue weighted by molar-refractivity contribution is -0.660. The van der Waals surface area contributed by atoms with Gasteiger partial charge in [0.05, 0.1) is 17.2 Å². The number of furan rings is 1. The third-order valence-corrected chi connectivity index (χ3v) is 8.46. The molecule has 0 amide bonds. The lowest BCUT2D eigenvalue weighted by Crippen LogP contribution is -2.30. The van der Waals surface area contributed by atoms with E-state index in [-0.39, 0.29) is 0 Å². The highest BCUT2D eigenvalue weighted by Gasteiger charge is 2.23. The van der Waals surface area contributed by atoms with Crippen molar-refractivity contribution in [2.24, 2.45) is 7.05 Å². The van der Waals surface area contributed by atoms with E-state index in [2.05, 4.69) is 84.3 Å². The molecule has 1 aliphatic rings. The molecule has 2 heterocycles. The highest BCUT2D eigenvalue weighted by Crippen LogP contribution is 2.42. The average molecular weight is 521 g/mol. The van der Waals surface area contributed by atoms with E-state index in [0.29, 0.717) is 5.56 Å². The van der Waals surface area contributed by atoms with Gasteiger partial charge in [0.15, 0.2) is 6.20 Å². The van der Waals surface area contributed by atoms with E-state index in [9.17, 15) is 5.26 Å².